The molecule has 19 heavy (non-hydrogen) atoms. The van der Waals surface area contributed by atoms with Gasteiger partial charge in [0, 0.05) is 0 Å². The molecule has 2 atom stereocenters. The largest absolute Gasteiger partial charge is 0.480 e. The van der Waals surface area contributed by atoms with Gasteiger partial charge in [-0.1, -0.05) is 12.8 Å². The molecule has 1 saturated heterocycles. The van der Waals surface area contributed by atoms with Gasteiger partial charge in [0.25, 0.3) is 0 Å². The number of carbonyl (C=O) groups excluding carboxylic acids is 3. The van der Waals surface area contributed by atoms with E-state index in [-0.39, 0.29) is 30.2 Å². The van der Waals surface area contributed by atoms with Gasteiger partial charge in [-0.2, -0.15) is 0 Å². The number of carboxylic acid groups (broad SMARTS) is 1. The van der Waals surface area contributed by atoms with Gasteiger partial charge in [-0.25, -0.2) is 0 Å². The van der Waals surface area contributed by atoms with Crippen LogP contribution in [0.2, 0.25) is 0 Å². The van der Waals surface area contributed by atoms with Crippen molar-refractivity contribution in [3.8, 4) is 0 Å². The first-order valence-corrected chi connectivity index (χ1v) is 6.34. The Kier molecular flexibility index (Phi) is 3.82. The van der Waals surface area contributed by atoms with E-state index in [9.17, 15) is 19.2 Å². The number of hydrogen-bond donors (Lipinski definition) is 2. The van der Waals surface area contributed by atoms with Gasteiger partial charge in [-0.15, -0.1) is 0 Å². The molecule has 0 spiro atoms. The van der Waals surface area contributed by atoms with Crippen LogP contribution < -0.4 is 5.32 Å². The standard InChI is InChI=1S/C12H16N2O5/c15-9(13-5-10(16)17)6-14-11(18)7-3-1-2-4-8(7)12(14)19/h7-8H,1-6H2,(H,13,15)(H,16,17). The fourth-order valence-corrected chi connectivity index (χ4v) is 2.76. The molecule has 104 valence electrons. The summed E-state index contributed by atoms with van der Waals surface area (Å²) in [5.41, 5.74) is 0. The molecule has 1 aliphatic carbocycles. The molecule has 2 unspecified atom stereocenters. The summed E-state index contributed by atoms with van der Waals surface area (Å²) in [6, 6.07) is 0. The van der Waals surface area contributed by atoms with E-state index in [0.29, 0.717) is 12.8 Å². The minimum absolute atomic E-state index is 0.284. The average molecular weight is 268 g/mol. The smallest absolute Gasteiger partial charge is 0.322 e. The molecule has 2 fully saturated rings. The van der Waals surface area contributed by atoms with Gasteiger partial charge in [0.1, 0.15) is 13.1 Å². The molecule has 1 aliphatic heterocycles. The maximum absolute atomic E-state index is 12.0. The second-order valence-corrected chi connectivity index (χ2v) is 4.93. The van der Waals surface area contributed by atoms with E-state index in [1.54, 1.807) is 0 Å². The first-order valence-electron chi connectivity index (χ1n) is 6.34. The van der Waals surface area contributed by atoms with Gasteiger partial charge in [0.2, 0.25) is 17.7 Å². The molecule has 3 amide bonds. The summed E-state index contributed by atoms with van der Waals surface area (Å²) in [5.74, 6) is -2.94. The molecule has 2 N–H and O–H groups in total. The van der Waals surface area contributed by atoms with Crippen molar-refractivity contribution in [1.82, 2.24) is 10.2 Å². The third kappa shape index (κ3) is 2.74. The Hall–Kier alpha value is -1.92. The number of aliphatic carboxylic acids is 1. The second-order valence-electron chi connectivity index (χ2n) is 4.93. The number of rotatable bonds is 4. The van der Waals surface area contributed by atoms with Crippen LogP contribution in [0.5, 0.6) is 0 Å². The average Bonchev–Trinajstić information content (AvgIpc) is 2.62. The Morgan fingerprint density at radius 2 is 1.68 bits per heavy atom. The van der Waals surface area contributed by atoms with Crippen LogP contribution in [0.3, 0.4) is 0 Å². The normalized spacial score (nSPS) is 26.2. The predicted octanol–water partition coefficient (Wildman–Crippen LogP) is -0.638. The van der Waals surface area contributed by atoms with Crippen LogP contribution in [-0.4, -0.2) is 46.8 Å². The molecule has 1 saturated carbocycles. The fraction of sp³-hybridized carbons (Fsp3) is 0.667. The lowest BCUT2D eigenvalue weighted by Crippen LogP contribution is -2.42. The maximum Gasteiger partial charge on any atom is 0.322 e. The SMILES string of the molecule is O=C(O)CNC(=O)CN1C(=O)C2CCCCC2C1=O. The van der Waals surface area contributed by atoms with E-state index in [1.807, 2.05) is 0 Å². The Balaban J connectivity index is 1.96. The van der Waals surface area contributed by atoms with E-state index in [1.165, 1.54) is 0 Å². The minimum Gasteiger partial charge on any atom is -0.480 e. The topological polar surface area (TPSA) is 104 Å². The van der Waals surface area contributed by atoms with Gasteiger partial charge >= 0.3 is 5.97 Å². The summed E-state index contributed by atoms with van der Waals surface area (Å²) in [6.07, 6.45) is 3.25. The van der Waals surface area contributed by atoms with E-state index in [2.05, 4.69) is 5.32 Å². The Labute approximate surface area is 109 Å². The number of nitrogens with one attached hydrogen (secondary N) is 1. The molecule has 7 heteroatoms. The molecule has 7 nitrogen and oxygen atoms in total. The third-order valence-electron chi connectivity index (χ3n) is 3.67. The first-order chi connectivity index (χ1) is 9.00. The Bertz CT molecular complexity index is 410. The zero-order chi connectivity index (χ0) is 14.0. The van der Waals surface area contributed by atoms with E-state index >= 15 is 0 Å². The Morgan fingerprint density at radius 3 is 2.16 bits per heavy atom. The van der Waals surface area contributed by atoms with Crippen LogP contribution in [0.25, 0.3) is 0 Å². The summed E-state index contributed by atoms with van der Waals surface area (Å²) in [5, 5.41) is 10.6. The first kappa shape index (κ1) is 13.5. The molecular weight excluding hydrogens is 252 g/mol. The zero-order valence-electron chi connectivity index (χ0n) is 10.4. The monoisotopic (exact) mass is 268 g/mol. The molecule has 0 aromatic heterocycles. The van der Waals surface area contributed by atoms with Crippen LogP contribution in [0.1, 0.15) is 25.7 Å². The van der Waals surface area contributed by atoms with Gasteiger partial charge in [-0.05, 0) is 12.8 Å². The highest BCUT2D eigenvalue weighted by molar-refractivity contribution is 6.07. The number of amides is 3. The molecule has 2 aliphatic rings. The van der Waals surface area contributed by atoms with Crippen LogP contribution in [0.4, 0.5) is 0 Å². The van der Waals surface area contributed by atoms with Crippen molar-refractivity contribution in [2.24, 2.45) is 11.8 Å². The number of fused-ring (bicyclic) bond motifs is 1. The number of likely N-dealkylation sites (tertiary alicyclic amines) is 1. The number of imide groups is 1. The van der Waals surface area contributed by atoms with Gasteiger partial charge in [0.05, 0.1) is 11.8 Å². The highest BCUT2D eigenvalue weighted by Gasteiger charge is 2.48. The summed E-state index contributed by atoms with van der Waals surface area (Å²) in [6.45, 7) is -0.889. The van der Waals surface area contributed by atoms with E-state index < -0.39 is 18.4 Å². The van der Waals surface area contributed by atoms with E-state index in [0.717, 1.165) is 17.7 Å². The molecular formula is C12H16N2O5. The molecule has 0 aromatic rings. The molecule has 2 rings (SSSR count). The van der Waals surface area contributed by atoms with Crippen LogP contribution in [0, 0.1) is 11.8 Å². The number of carboxylic acids is 1. The number of hydrogen-bond acceptors (Lipinski definition) is 4. The molecule has 0 bridgehead atoms. The molecule has 0 radical (unpaired) electrons. The van der Waals surface area contributed by atoms with Crippen LogP contribution in [0.15, 0.2) is 0 Å². The van der Waals surface area contributed by atoms with Crippen molar-refractivity contribution >= 4 is 23.7 Å². The summed E-state index contributed by atoms with van der Waals surface area (Å²) < 4.78 is 0. The maximum atomic E-state index is 12.0. The quantitative estimate of drug-likeness (QED) is 0.660. The van der Waals surface area contributed by atoms with Crippen molar-refractivity contribution in [2.75, 3.05) is 13.1 Å². The summed E-state index contributed by atoms with van der Waals surface area (Å²) >= 11 is 0. The number of nitrogens with zero attached hydrogens (tertiary/aromatic N) is 1. The lowest BCUT2D eigenvalue weighted by Gasteiger charge is -2.19. The van der Waals surface area contributed by atoms with Gasteiger partial charge in [-0.3, -0.25) is 24.1 Å². The highest BCUT2D eigenvalue weighted by atomic mass is 16.4. The summed E-state index contributed by atoms with van der Waals surface area (Å²) in [4.78, 5) is 46.8. The summed E-state index contributed by atoms with van der Waals surface area (Å²) in [7, 11) is 0. The Morgan fingerprint density at radius 1 is 1.16 bits per heavy atom. The highest BCUT2D eigenvalue weighted by Crippen LogP contribution is 2.37. The lowest BCUT2D eigenvalue weighted by molar-refractivity contribution is -0.144. The van der Waals surface area contributed by atoms with Gasteiger partial charge < -0.3 is 10.4 Å². The number of carbonyl (C=O) groups is 4. The predicted molar refractivity (Wildman–Crippen MR) is 62.8 cm³/mol. The van der Waals surface area contributed by atoms with Crippen LogP contribution >= 0.6 is 0 Å². The van der Waals surface area contributed by atoms with E-state index in [4.69, 9.17) is 5.11 Å². The lowest BCUT2D eigenvalue weighted by atomic mass is 9.81. The second kappa shape index (κ2) is 5.38. The van der Waals surface area contributed by atoms with Crippen molar-refractivity contribution in [3.63, 3.8) is 0 Å². The van der Waals surface area contributed by atoms with Crippen molar-refractivity contribution in [1.29, 1.82) is 0 Å². The fourth-order valence-electron chi connectivity index (χ4n) is 2.76. The van der Waals surface area contributed by atoms with Gasteiger partial charge in [0.15, 0.2) is 0 Å². The molecule has 1 heterocycles. The minimum atomic E-state index is -1.17. The van der Waals surface area contributed by atoms with Crippen molar-refractivity contribution in [3.05, 3.63) is 0 Å². The van der Waals surface area contributed by atoms with Crippen molar-refractivity contribution in [2.45, 2.75) is 25.7 Å². The van der Waals surface area contributed by atoms with Crippen molar-refractivity contribution < 1.29 is 24.3 Å². The van der Waals surface area contributed by atoms with Crippen LogP contribution in [-0.2, 0) is 19.2 Å². The molecule has 0 aromatic carbocycles. The zero-order valence-corrected chi connectivity index (χ0v) is 10.4. The third-order valence-corrected chi connectivity index (χ3v) is 3.67.